The van der Waals surface area contributed by atoms with Gasteiger partial charge in [-0.3, -0.25) is 4.68 Å². The lowest BCUT2D eigenvalue weighted by Crippen LogP contribution is -2.26. The van der Waals surface area contributed by atoms with Crippen LogP contribution in [0.3, 0.4) is 0 Å². The normalized spacial score (nSPS) is 14.5. The zero-order chi connectivity index (χ0) is 15.1. The van der Waals surface area contributed by atoms with Crippen molar-refractivity contribution >= 4 is 16.9 Å². The van der Waals surface area contributed by atoms with E-state index in [-0.39, 0.29) is 0 Å². The van der Waals surface area contributed by atoms with Crippen molar-refractivity contribution in [3.8, 4) is 0 Å². The molecule has 0 amide bonds. The van der Waals surface area contributed by atoms with Crippen LogP contribution in [0.15, 0.2) is 36.8 Å². The van der Waals surface area contributed by atoms with Gasteiger partial charge in [0, 0.05) is 19.6 Å². The highest BCUT2D eigenvalue weighted by Gasteiger charge is 2.31. The molecule has 0 atom stereocenters. The summed E-state index contributed by atoms with van der Waals surface area (Å²) in [6.07, 6.45) is 5.98. The molecule has 5 nitrogen and oxygen atoms in total. The molecule has 5 heteroatoms. The Bertz CT molecular complexity index is 802. The zero-order valence-electron chi connectivity index (χ0n) is 12.9. The maximum absolute atomic E-state index is 4.56. The Morgan fingerprint density at radius 1 is 1.18 bits per heavy atom. The molecule has 0 unspecified atom stereocenters. The Labute approximate surface area is 129 Å². The summed E-state index contributed by atoms with van der Waals surface area (Å²) in [7, 11) is 1.92. The van der Waals surface area contributed by atoms with Crippen molar-refractivity contribution in [3.05, 3.63) is 47.9 Å². The molecule has 0 spiro atoms. The third-order valence-electron chi connectivity index (χ3n) is 4.24. The van der Waals surface area contributed by atoms with Gasteiger partial charge in [-0.2, -0.15) is 5.10 Å². The van der Waals surface area contributed by atoms with Gasteiger partial charge in [-0.15, -0.1) is 0 Å². The zero-order valence-corrected chi connectivity index (χ0v) is 12.9. The first kappa shape index (κ1) is 13.2. The van der Waals surface area contributed by atoms with E-state index in [1.165, 1.54) is 24.0 Å². The Balaban J connectivity index is 1.73. The number of nitrogens with zero attached hydrogens (tertiary/aromatic N) is 5. The van der Waals surface area contributed by atoms with E-state index < -0.39 is 0 Å². The monoisotopic (exact) mass is 293 g/mol. The lowest BCUT2D eigenvalue weighted by Gasteiger charge is -2.24. The fourth-order valence-corrected chi connectivity index (χ4v) is 2.83. The number of aryl methyl sites for hydroxylation is 2. The Morgan fingerprint density at radius 3 is 2.68 bits per heavy atom. The smallest absolute Gasteiger partial charge is 0.163 e. The molecule has 0 N–H and O–H groups in total. The third kappa shape index (κ3) is 2.32. The molecular formula is C17H19N5. The molecule has 0 radical (unpaired) electrons. The van der Waals surface area contributed by atoms with Crippen LogP contribution in [0.5, 0.6) is 0 Å². The first-order valence-electron chi connectivity index (χ1n) is 7.67. The van der Waals surface area contributed by atoms with Crippen molar-refractivity contribution in [2.75, 3.05) is 4.90 Å². The minimum Gasteiger partial charge on any atom is -0.349 e. The number of benzene rings is 1. The lowest BCUT2D eigenvalue weighted by atomic mass is 10.1. The van der Waals surface area contributed by atoms with E-state index in [1.54, 1.807) is 11.0 Å². The van der Waals surface area contributed by atoms with Crippen molar-refractivity contribution in [2.45, 2.75) is 32.4 Å². The second kappa shape index (κ2) is 5.09. The molecule has 2 heterocycles. The maximum atomic E-state index is 4.56. The quantitative estimate of drug-likeness (QED) is 0.742. The predicted octanol–water partition coefficient (Wildman–Crippen LogP) is 2.84. The van der Waals surface area contributed by atoms with Crippen LogP contribution >= 0.6 is 0 Å². The van der Waals surface area contributed by atoms with Gasteiger partial charge >= 0.3 is 0 Å². The van der Waals surface area contributed by atoms with Crippen molar-refractivity contribution in [3.63, 3.8) is 0 Å². The van der Waals surface area contributed by atoms with Crippen LogP contribution in [0.2, 0.25) is 0 Å². The first-order valence-corrected chi connectivity index (χ1v) is 7.67. The topological polar surface area (TPSA) is 46.8 Å². The number of rotatable bonds is 4. The van der Waals surface area contributed by atoms with E-state index in [1.807, 2.05) is 13.2 Å². The second-order valence-electron chi connectivity index (χ2n) is 6.05. The van der Waals surface area contributed by atoms with Gasteiger partial charge in [-0.25, -0.2) is 9.97 Å². The molecule has 1 fully saturated rings. The van der Waals surface area contributed by atoms with Crippen LogP contribution in [0.1, 0.15) is 24.0 Å². The number of aromatic nitrogens is 4. The van der Waals surface area contributed by atoms with Crippen molar-refractivity contribution in [1.29, 1.82) is 0 Å². The molecule has 4 rings (SSSR count). The molecule has 3 aromatic rings. The van der Waals surface area contributed by atoms with E-state index in [0.29, 0.717) is 6.04 Å². The molecule has 1 aliphatic rings. The summed E-state index contributed by atoms with van der Waals surface area (Å²) in [5, 5.41) is 5.36. The molecule has 1 aliphatic carbocycles. The molecule has 22 heavy (non-hydrogen) atoms. The Morgan fingerprint density at radius 2 is 1.95 bits per heavy atom. The fraction of sp³-hybridized carbons (Fsp3) is 0.353. The van der Waals surface area contributed by atoms with E-state index in [4.69, 9.17) is 0 Å². The van der Waals surface area contributed by atoms with Gasteiger partial charge in [0.1, 0.15) is 12.1 Å². The number of hydrogen-bond donors (Lipinski definition) is 0. The van der Waals surface area contributed by atoms with Gasteiger partial charge in [0.2, 0.25) is 0 Å². The van der Waals surface area contributed by atoms with Crippen LogP contribution in [0.25, 0.3) is 11.0 Å². The summed E-state index contributed by atoms with van der Waals surface area (Å²) in [6, 6.07) is 9.32. The Hall–Kier alpha value is -2.43. The molecule has 2 aromatic heterocycles. The highest BCUT2D eigenvalue weighted by atomic mass is 15.3. The first-order chi connectivity index (χ1) is 10.7. The van der Waals surface area contributed by atoms with Crippen LogP contribution in [-0.2, 0) is 13.6 Å². The number of hydrogen-bond acceptors (Lipinski definition) is 4. The molecule has 1 aromatic carbocycles. The fourth-order valence-electron chi connectivity index (χ4n) is 2.83. The van der Waals surface area contributed by atoms with Gasteiger partial charge in [0.05, 0.1) is 11.6 Å². The highest BCUT2D eigenvalue weighted by Crippen LogP contribution is 2.34. The molecule has 112 valence electrons. The van der Waals surface area contributed by atoms with Crippen LogP contribution in [-0.4, -0.2) is 25.8 Å². The molecule has 0 aliphatic heterocycles. The van der Waals surface area contributed by atoms with Crippen LogP contribution in [0.4, 0.5) is 5.82 Å². The summed E-state index contributed by atoms with van der Waals surface area (Å²) in [6.45, 7) is 3.00. The summed E-state index contributed by atoms with van der Waals surface area (Å²) < 4.78 is 1.80. The van der Waals surface area contributed by atoms with Crippen molar-refractivity contribution < 1.29 is 0 Å². The third-order valence-corrected chi connectivity index (χ3v) is 4.24. The van der Waals surface area contributed by atoms with Gasteiger partial charge in [-0.05, 0) is 25.3 Å². The van der Waals surface area contributed by atoms with Crippen LogP contribution < -0.4 is 4.90 Å². The highest BCUT2D eigenvalue weighted by molar-refractivity contribution is 5.86. The molecule has 1 saturated carbocycles. The van der Waals surface area contributed by atoms with Crippen molar-refractivity contribution in [1.82, 2.24) is 19.7 Å². The van der Waals surface area contributed by atoms with Gasteiger partial charge in [-0.1, -0.05) is 29.8 Å². The van der Waals surface area contributed by atoms with E-state index in [0.717, 1.165) is 23.4 Å². The Kier molecular flexibility index (Phi) is 3.06. The van der Waals surface area contributed by atoms with Gasteiger partial charge in [0.25, 0.3) is 0 Å². The summed E-state index contributed by atoms with van der Waals surface area (Å²) >= 11 is 0. The van der Waals surface area contributed by atoms with E-state index in [9.17, 15) is 0 Å². The van der Waals surface area contributed by atoms with E-state index >= 15 is 0 Å². The average molecular weight is 293 g/mol. The minimum absolute atomic E-state index is 0.583. The van der Waals surface area contributed by atoms with Crippen LogP contribution in [0, 0.1) is 6.92 Å². The maximum Gasteiger partial charge on any atom is 0.163 e. The average Bonchev–Trinajstić information content (AvgIpc) is 3.30. The molecule has 0 saturated heterocycles. The number of anilines is 1. The number of fused-ring (bicyclic) bond motifs is 1. The largest absolute Gasteiger partial charge is 0.349 e. The second-order valence-corrected chi connectivity index (χ2v) is 6.05. The van der Waals surface area contributed by atoms with Gasteiger partial charge < -0.3 is 4.90 Å². The summed E-state index contributed by atoms with van der Waals surface area (Å²) in [4.78, 5) is 11.3. The predicted molar refractivity (Wildman–Crippen MR) is 86.7 cm³/mol. The minimum atomic E-state index is 0.583. The van der Waals surface area contributed by atoms with Gasteiger partial charge in [0.15, 0.2) is 5.65 Å². The summed E-state index contributed by atoms with van der Waals surface area (Å²) in [5.74, 6) is 1.00. The van der Waals surface area contributed by atoms with E-state index in [2.05, 4.69) is 51.2 Å². The molecular weight excluding hydrogens is 274 g/mol. The standard InChI is InChI=1S/C17H19N5/c1-12-3-5-13(6-4-12)10-22(14-7-8-14)17-15-9-20-21(2)16(15)18-11-19-17/h3-6,9,11,14H,7-8,10H2,1-2H3. The van der Waals surface area contributed by atoms with Crippen molar-refractivity contribution in [2.24, 2.45) is 7.05 Å². The lowest BCUT2D eigenvalue weighted by molar-refractivity contribution is 0.775. The SMILES string of the molecule is Cc1ccc(CN(c2ncnc3c2cnn3C)C2CC2)cc1. The summed E-state index contributed by atoms with van der Waals surface area (Å²) in [5.41, 5.74) is 3.49. The molecule has 0 bridgehead atoms.